The normalized spacial score (nSPS) is 14.4. The Labute approximate surface area is 142 Å². The number of hydrogen-bond donors (Lipinski definition) is 1. The van der Waals surface area contributed by atoms with Gasteiger partial charge >= 0.3 is 0 Å². The second kappa shape index (κ2) is 7.57. The van der Waals surface area contributed by atoms with Crippen molar-refractivity contribution in [1.29, 1.82) is 0 Å². The van der Waals surface area contributed by atoms with Crippen molar-refractivity contribution >= 4 is 5.91 Å². The number of fused-ring (bicyclic) bond motifs is 1. The predicted octanol–water partition coefficient (Wildman–Crippen LogP) is 2.13. The third kappa shape index (κ3) is 4.00. The van der Waals surface area contributed by atoms with E-state index in [1.807, 2.05) is 13.0 Å². The van der Waals surface area contributed by atoms with E-state index in [0.717, 1.165) is 37.6 Å². The van der Waals surface area contributed by atoms with Gasteiger partial charge in [-0.05, 0) is 38.1 Å². The van der Waals surface area contributed by atoms with Crippen molar-refractivity contribution in [3.63, 3.8) is 0 Å². The van der Waals surface area contributed by atoms with Gasteiger partial charge in [-0.15, -0.1) is 0 Å². The summed E-state index contributed by atoms with van der Waals surface area (Å²) in [5.74, 6) is -0.113. The third-order valence-electron chi connectivity index (χ3n) is 4.36. The van der Waals surface area contributed by atoms with E-state index in [1.165, 1.54) is 18.5 Å². The van der Waals surface area contributed by atoms with Crippen molar-refractivity contribution in [2.75, 3.05) is 13.1 Å². The molecule has 0 aliphatic carbocycles. The summed E-state index contributed by atoms with van der Waals surface area (Å²) in [7, 11) is 0. The van der Waals surface area contributed by atoms with Gasteiger partial charge in [0.2, 0.25) is 0 Å². The fraction of sp³-hybridized carbons (Fsp3) is 0.500. The maximum atomic E-state index is 12.1. The van der Waals surface area contributed by atoms with Crippen molar-refractivity contribution in [3.05, 3.63) is 47.0 Å². The summed E-state index contributed by atoms with van der Waals surface area (Å²) >= 11 is 0. The van der Waals surface area contributed by atoms with Crippen LogP contribution in [-0.4, -0.2) is 38.7 Å². The number of unbranched alkanes of at least 4 members (excludes halogenated alkanes) is 1. The average molecular weight is 327 g/mol. The molecule has 6 heteroatoms. The summed E-state index contributed by atoms with van der Waals surface area (Å²) < 4.78 is 2.07. The Hall–Kier alpha value is -2.21. The number of carbonyl (C=O) groups is 1. The Balaban J connectivity index is 1.56. The van der Waals surface area contributed by atoms with Crippen molar-refractivity contribution in [2.24, 2.45) is 0 Å². The molecule has 0 aromatic carbocycles. The molecule has 0 unspecified atom stereocenters. The lowest BCUT2D eigenvalue weighted by molar-refractivity contribution is 0.0950. The maximum absolute atomic E-state index is 12.1. The Morgan fingerprint density at radius 2 is 2.21 bits per heavy atom. The molecule has 3 rings (SSSR count). The van der Waals surface area contributed by atoms with E-state index < -0.39 is 0 Å². The molecule has 1 amide bonds. The fourth-order valence-corrected chi connectivity index (χ4v) is 2.91. The van der Waals surface area contributed by atoms with Gasteiger partial charge in [-0.3, -0.25) is 19.4 Å². The maximum Gasteiger partial charge on any atom is 0.253 e. The highest BCUT2D eigenvalue weighted by molar-refractivity contribution is 5.93. The molecule has 24 heavy (non-hydrogen) atoms. The summed E-state index contributed by atoms with van der Waals surface area (Å²) in [6, 6.07) is 5.74. The Morgan fingerprint density at radius 3 is 2.96 bits per heavy atom. The van der Waals surface area contributed by atoms with Crippen molar-refractivity contribution in [1.82, 2.24) is 25.0 Å². The minimum Gasteiger partial charge on any atom is -0.346 e. The Morgan fingerprint density at radius 1 is 1.33 bits per heavy atom. The lowest BCUT2D eigenvalue weighted by atomic mass is 10.2. The number of rotatable bonds is 6. The first-order valence-electron chi connectivity index (χ1n) is 8.64. The Bertz CT molecular complexity index is 692. The van der Waals surface area contributed by atoms with Crippen molar-refractivity contribution < 1.29 is 4.79 Å². The average Bonchev–Trinajstić information content (AvgIpc) is 3.00. The van der Waals surface area contributed by atoms with E-state index in [1.54, 1.807) is 12.3 Å². The minimum absolute atomic E-state index is 0.113. The van der Waals surface area contributed by atoms with E-state index in [4.69, 9.17) is 0 Å². The molecule has 1 aliphatic rings. The second-order valence-electron chi connectivity index (χ2n) is 6.35. The van der Waals surface area contributed by atoms with Gasteiger partial charge in [-0.1, -0.05) is 13.3 Å². The molecule has 128 valence electrons. The SMILES string of the molecule is CCCCN1CCn2nc(CNC(=O)c3ccc(C)nc3)cc2C1. The summed E-state index contributed by atoms with van der Waals surface area (Å²) in [6.45, 7) is 8.64. The predicted molar refractivity (Wildman–Crippen MR) is 92.6 cm³/mol. The van der Waals surface area contributed by atoms with E-state index in [9.17, 15) is 4.79 Å². The summed E-state index contributed by atoms with van der Waals surface area (Å²) in [6.07, 6.45) is 4.07. The van der Waals surface area contributed by atoms with Gasteiger partial charge in [0.1, 0.15) is 0 Å². The van der Waals surface area contributed by atoms with Crippen LogP contribution >= 0.6 is 0 Å². The first-order chi connectivity index (χ1) is 11.7. The highest BCUT2D eigenvalue weighted by atomic mass is 16.1. The van der Waals surface area contributed by atoms with Crippen LogP contribution in [0.4, 0.5) is 0 Å². The molecule has 0 fully saturated rings. The molecule has 1 aliphatic heterocycles. The molecule has 0 spiro atoms. The second-order valence-corrected chi connectivity index (χ2v) is 6.35. The van der Waals surface area contributed by atoms with Crippen LogP contribution in [0.3, 0.4) is 0 Å². The highest BCUT2D eigenvalue weighted by Gasteiger charge is 2.18. The standard InChI is InChI=1S/C18H25N5O/c1-3-4-7-22-8-9-23-17(13-22)10-16(21-23)12-20-18(24)15-6-5-14(2)19-11-15/h5-6,10-11H,3-4,7-9,12-13H2,1-2H3,(H,20,24). The number of pyridine rings is 1. The molecule has 2 aromatic heterocycles. The minimum atomic E-state index is -0.113. The number of amides is 1. The molecule has 0 radical (unpaired) electrons. The largest absolute Gasteiger partial charge is 0.346 e. The number of aryl methyl sites for hydroxylation is 1. The first kappa shape index (κ1) is 16.6. The number of carbonyl (C=O) groups excluding carboxylic acids is 1. The molecule has 3 heterocycles. The van der Waals surface area contributed by atoms with Gasteiger partial charge in [0.25, 0.3) is 5.91 Å². The van der Waals surface area contributed by atoms with Crippen LogP contribution in [0.1, 0.15) is 47.2 Å². The van der Waals surface area contributed by atoms with Gasteiger partial charge in [0.05, 0.1) is 30.0 Å². The third-order valence-corrected chi connectivity index (χ3v) is 4.36. The smallest absolute Gasteiger partial charge is 0.253 e. The lowest BCUT2D eigenvalue weighted by Gasteiger charge is -2.27. The van der Waals surface area contributed by atoms with Crippen LogP contribution in [0.15, 0.2) is 24.4 Å². The lowest BCUT2D eigenvalue weighted by Crippen LogP contribution is -2.34. The van der Waals surface area contributed by atoms with E-state index in [-0.39, 0.29) is 5.91 Å². The quantitative estimate of drug-likeness (QED) is 0.883. The Kier molecular flexibility index (Phi) is 5.25. The van der Waals surface area contributed by atoms with E-state index >= 15 is 0 Å². The molecule has 2 aromatic rings. The van der Waals surface area contributed by atoms with Gasteiger partial charge < -0.3 is 5.32 Å². The van der Waals surface area contributed by atoms with Crippen LogP contribution in [-0.2, 0) is 19.6 Å². The zero-order valence-corrected chi connectivity index (χ0v) is 14.5. The molecule has 1 N–H and O–H groups in total. The number of aromatic nitrogens is 3. The molecule has 0 saturated heterocycles. The van der Waals surface area contributed by atoms with Crippen molar-refractivity contribution in [2.45, 2.75) is 46.3 Å². The molecule has 6 nitrogen and oxygen atoms in total. The fourth-order valence-electron chi connectivity index (χ4n) is 2.91. The van der Waals surface area contributed by atoms with Gasteiger partial charge in [-0.25, -0.2) is 0 Å². The van der Waals surface area contributed by atoms with Gasteiger partial charge in [0, 0.05) is 25.0 Å². The van der Waals surface area contributed by atoms with Gasteiger partial charge in [-0.2, -0.15) is 5.10 Å². The summed E-state index contributed by atoms with van der Waals surface area (Å²) in [4.78, 5) is 18.8. The van der Waals surface area contributed by atoms with Crippen molar-refractivity contribution in [3.8, 4) is 0 Å². The van der Waals surface area contributed by atoms with Crippen LogP contribution in [0.2, 0.25) is 0 Å². The van der Waals surface area contributed by atoms with Crippen LogP contribution < -0.4 is 5.32 Å². The number of nitrogens with zero attached hydrogens (tertiary/aromatic N) is 4. The van der Waals surface area contributed by atoms with Gasteiger partial charge in [0.15, 0.2) is 0 Å². The molecule has 0 saturated carbocycles. The summed E-state index contributed by atoms with van der Waals surface area (Å²) in [5.41, 5.74) is 3.63. The van der Waals surface area contributed by atoms with Crippen LogP contribution in [0, 0.1) is 6.92 Å². The highest BCUT2D eigenvalue weighted by Crippen LogP contribution is 2.14. The summed E-state index contributed by atoms with van der Waals surface area (Å²) in [5, 5.41) is 7.53. The van der Waals surface area contributed by atoms with Crippen LogP contribution in [0.5, 0.6) is 0 Å². The molecular weight excluding hydrogens is 302 g/mol. The van der Waals surface area contributed by atoms with Crippen LogP contribution in [0.25, 0.3) is 0 Å². The van der Waals surface area contributed by atoms with E-state index in [0.29, 0.717) is 12.1 Å². The topological polar surface area (TPSA) is 63.1 Å². The molecule has 0 bridgehead atoms. The van der Waals surface area contributed by atoms with E-state index in [2.05, 4.69) is 38.0 Å². The first-order valence-corrected chi connectivity index (χ1v) is 8.64. The molecule has 0 atom stereocenters. The monoisotopic (exact) mass is 327 g/mol. The molecular formula is C18H25N5O. The number of hydrogen-bond acceptors (Lipinski definition) is 4. The number of nitrogens with one attached hydrogen (secondary N) is 1. The zero-order chi connectivity index (χ0) is 16.9. The zero-order valence-electron chi connectivity index (χ0n) is 14.5.